The van der Waals surface area contributed by atoms with E-state index in [1.54, 1.807) is 0 Å². The molecule has 0 radical (unpaired) electrons. The summed E-state index contributed by atoms with van der Waals surface area (Å²) in [5.41, 5.74) is 1.37. The summed E-state index contributed by atoms with van der Waals surface area (Å²) >= 11 is 2.04. The summed E-state index contributed by atoms with van der Waals surface area (Å²) in [5, 5.41) is 3.55. The number of thioether (sulfide) groups is 1. The van der Waals surface area contributed by atoms with Crippen molar-refractivity contribution < 1.29 is 0 Å². The standard InChI is InChI=1S/C14H23NS/c1-12(2)11-16-10-9-15-13(3)14-7-5-4-6-8-14/h4-8,12-13,15H,9-11H2,1-3H3. The van der Waals surface area contributed by atoms with E-state index in [1.807, 2.05) is 11.8 Å². The van der Waals surface area contributed by atoms with Crippen molar-refractivity contribution in [2.24, 2.45) is 5.92 Å². The monoisotopic (exact) mass is 237 g/mol. The van der Waals surface area contributed by atoms with Crippen LogP contribution in [0.5, 0.6) is 0 Å². The number of benzene rings is 1. The van der Waals surface area contributed by atoms with Gasteiger partial charge in [0.2, 0.25) is 0 Å². The maximum atomic E-state index is 3.55. The zero-order chi connectivity index (χ0) is 11.8. The van der Waals surface area contributed by atoms with Crippen LogP contribution >= 0.6 is 11.8 Å². The quantitative estimate of drug-likeness (QED) is 0.725. The van der Waals surface area contributed by atoms with Crippen molar-refractivity contribution in [3.63, 3.8) is 0 Å². The van der Waals surface area contributed by atoms with Gasteiger partial charge in [-0.15, -0.1) is 0 Å². The summed E-state index contributed by atoms with van der Waals surface area (Å²) in [6, 6.07) is 11.1. The largest absolute Gasteiger partial charge is 0.309 e. The molecule has 1 aromatic carbocycles. The van der Waals surface area contributed by atoms with Gasteiger partial charge in [0, 0.05) is 18.3 Å². The topological polar surface area (TPSA) is 12.0 Å². The summed E-state index contributed by atoms with van der Waals surface area (Å²) in [4.78, 5) is 0. The average molecular weight is 237 g/mol. The van der Waals surface area contributed by atoms with Crippen molar-refractivity contribution in [2.45, 2.75) is 26.8 Å². The number of rotatable bonds is 7. The van der Waals surface area contributed by atoms with Crippen LogP contribution < -0.4 is 5.32 Å². The van der Waals surface area contributed by atoms with Gasteiger partial charge in [0.15, 0.2) is 0 Å². The van der Waals surface area contributed by atoms with E-state index >= 15 is 0 Å². The Morgan fingerprint density at radius 2 is 1.81 bits per heavy atom. The molecule has 0 fully saturated rings. The van der Waals surface area contributed by atoms with Crippen molar-refractivity contribution in [1.82, 2.24) is 5.32 Å². The van der Waals surface area contributed by atoms with E-state index < -0.39 is 0 Å². The number of hydrogen-bond donors (Lipinski definition) is 1. The molecule has 0 saturated carbocycles. The van der Waals surface area contributed by atoms with Crippen LogP contribution in [0.4, 0.5) is 0 Å². The smallest absolute Gasteiger partial charge is 0.0292 e. The molecule has 2 heteroatoms. The first-order valence-corrected chi connectivity index (χ1v) is 7.21. The minimum atomic E-state index is 0.459. The summed E-state index contributed by atoms with van der Waals surface area (Å²) < 4.78 is 0. The van der Waals surface area contributed by atoms with Crippen LogP contribution in [-0.4, -0.2) is 18.1 Å². The molecule has 16 heavy (non-hydrogen) atoms. The maximum Gasteiger partial charge on any atom is 0.0292 e. The van der Waals surface area contributed by atoms with Crippen LogP contribution in [0.25, 0.3) is 0 Å². The van der Waals surface area contributed by atoms with Gasteiger partial charge < -0.3 is 5.32 Å². The second kappa shape index (κ2) is 7.75. The minimum Gasteiger partial charge on any atom is -0.309 e. The zero-order valence-electron chi connectivity index (χ0n) is 10.6. The highest BCUT2D eigenvalue weighted by molar-refractivity contribution is 7.99. The lowest BCUT2D eigenvalue weighted by molar-refractivity contribution is 0.601. The molecule has 0 saturated heterocycles. The third-order valence-electron chi connectivity index (χ3n) is 2.45. The summed E-state index contributed by atoms with van der Waals surface area (Å²) in [6.45, 7) is 7.86. The Morgan fingerprint density at radius 1 is 1.12 bits per heavy atom. The number of nitrogens with one attached hydrogen (secondary N) is 1. The molecule has 1 aromatic rings. The van der Waals surface area contributed by atoms with Crippen molar-refractivity contribution in [3.8, 4) is 0 Å². The van der Waals surface area contributed by atoms with E-state index in [4.69, 9.17) is 0 Å². The molecule has 0 aliphatic rings. The van der Waals surface area contributed by atoms with Crippen molar-refractivity contribution >= 4 is 11.8 Å². The summed E-state index contributed by atoms with van der Waals surface area (Å²) in [7, 11) is 0. The predicted octanol–water partition coefficient (Wildman–Crippen LogP) is 3.73. The first-order valence-electron chi connectivity index (χ1n) is 6.06. The molecule has 90 valence electrons. The molecule has 0 amide bonds. The molecule has 1 N–H and O–H groups in total. The molecule has 0 spiro atoms. The molecule has 1 nitrogen and oxygen atoms in total. The van der Waals surface area contributed by atoms with Crippen LogP contribution in [0.15, 0.2) is 30.3 Å². The first-order chi connectivity index (χ1) is 7.70. The van der Waals surface area contributed by atoms with Gasteiger partial charge in [-0.2, -0.15) is 11.8 Å². The molecular formula is C14H23NS. The minimum absolute atomic E-state index is 0.459. The van der Waals surface area contributed by atoms with Crippen LogP contribution in [0.2, 0.25) is 0 Å². The lowest BCUT2D eigenvalue weighted by Crippen LogP contribution is -2.21. The molecule has 0 aliphatic carbocycles. The third-order valence-corrected chi connectivity index (χ3v) is 3.84. The molecule has 0 aromatic heterocycles. The van der Waals surface area contributed by atoms with Gasteiger partial charge in [-0.3, -0.25) is 0 Å². The molecule has 0 aliphatic heterocycles. The highest BCUT2D eigenvalue weighted by Gasteiger charge is 2.02. The normalized spacial score (nSPS) is 13.0. The van der Waals surface area contributed by atoms with E-state index in [2.05, 4.69) is 56.4 Å². The average Bonchev–Trinajstić information content (AvgIpc) is 2.29. The Morgan fingerprint density at radius 3 is 2.44 bits per heavy atom. The highest BCUT2D eigenvalue weighted by Crippen LogP contribution is 2.11. The van der Waals surface area contributed by atoms with Gasteiger partial charge in [-0.1, -0.05) is 44.2 Å². The SMILES string of the molecule is CC(C)CSCCNC(C)c1ccccc1. The molecule has 1 atom stereocenters. The summed E-state index contributed by atoms with van der Waals surface area (Å²) in [5.74, 6) is 3.27. The van der Waals surface area contributed by atoms with E-state index in [-0.39, 0.29) is 0 Å². The molecule has 1 unspecified atom stereocenters. The Kier molecular flexibility index (Phi) is 6.58. The molecular weight excluding hydrogens is 214 g/mol. The fourth-order valence-corrected chi connectivity index (χ4v) is 2.43. The van der Waals surface area contributed by atoms with Crippen LogP contribution in [0.3, 0.4) is 0 Å². The predicted molar refractivity (Wildman–Crippen MR) is 75.0 cm³/mol. The maximum absolute atomic E-state index is 3.55. The Balaban J connectivity index is 2.14. The molecule has 0 bridgehead atoms. The van der Waals surface area contributed by atoms with Gasteiger partial charge in [0.25, 0.3) is 0 Å². The molecule has 0 heterocycles. The van der Waals surface area contributed by atoms with Gasteiger partial charge in [-0.25, -0.2) is 0 Å². The number of hydrogen-bond acceptors (Lipinski definition) is 2. The van der Waals surface area contributed by atoms with Crippen LogP contribution in [0, 0.1) is 5.92 Å². The van der Waals surface area contributed by atoms with Gasteiger partial charge in [-0.05, 0) is 24.2 Å². The first kappa shape index (κ1) is 13.6. The van der Waals surface area contributed by atoms with E-state index in [1.165, 1.54) is 17.1 Å². The fraction of sp³-hybridized carbons (Fsp3) is 0.571. The van der Waals surface area contributed by atoms with E-state index in [0.29, 0.717) is 6.04 Å². The van der Waals surface area contributed by atoms with Gasteiger partial charge in [0.1, 0.15) is 0 Å². The fourth-order valence-electron chi connectivity index (χ4n) is 1.53. The Labute approximate surface area is 104 Å². The zero-order valence-corrected chi connectivity index (χ0v) is 11.4. The summed E-state index contributed by atoms with van der Waals surface area (Å²) in [6.07, 6.45) is 0. The lowest BCUT2D eigenvalue weighted by atomic mass is 10.1. The lowest BCUT2D eigenvalue weighted by Gasteiger charge is -2.14. The highest BCUT2D eigenvalue weighted by atomic mass is 32.2. The van der Waals surface area contributed by atoms with Crippen LogP contribution in [-0.2, 0) is 0 Å². The molecule has 1 rings (SSSR count). The van der Waals surface area contributed by atoms with Crippen molar-refractivity contribution in [3.05, 3.63) is 35.9 Å². The Hall–Kier alpha value is -0.470. The second-order valence-corrected chi connectivity index (χ2v) is 5.71. The Bertz CT molecular complexity index is 271. The van der Waals surface area contributed by atoms with E-state index in [0.717, 1.165) is 12.5 Å². The van der Waals surface area contributed by atoms with Crippen molar-refractivity contribution in [1.29, 1.82) is 0 Å². The van der Waals surface area contributed by atoms with Gasteiger partial charge in [0.05, 0.1) is 0 Å². The third kappa shape index (κ3) is 5.57. The van der Waals surface area contributed by atoms with E-state index in [9.17, 15) is 0 Å². The van der Waals surface area contributed by atoms with Crippen LogP contribution in [0.1, 0.15) is 32.4 Å². The van der Waals surface area contributed by atoms with Gasteiger partial charge >= 0.3 is 0 Å². The second-order valence-electron chi connectivity index (χ2n) is 4.56. The van der Waals surface area contributed by atoms with Crippen molar-refractivity contribution in [2.75, 3.05) is 18.1 Å².